The van der Waals surface area contributed by atoms with E-state index in [9.17, 15) is 4.39 Å². The molecule has 0 aromatic heterocycles. The molecule has 0 saturated carbocycles. The summed E-state index contributed by atoms with van der Waals surface area (Å²) >= 11 is 0. The maximum atomic E-state index is 13.8. The Bertz CT molecular complexity index is 461. The maximum absolute atomic E-state index is 13.8. The largest absolute Gasteiger partial charge is 0.366 e. The van der Waals surface area contributed by atoms with Crippen molar-refractivity contribution in [2.24, 2.45) is 5.73 Å². The first kappa shape index (κ1) is 12.8. The van der Waals surface area contributed by atoms with Crippen LogP contribution in [0.2, 0.25) is 0 Å². The SMILES string of the molecule is NCc1ccc(N2CCCC3(C2)OCCO3)cc1F. The Labute approximate surface area is 112 Å². The first-order chi connectivity index (χ1) is 9.22. The number of piperidine rings is 1. The Morgan fingerprint density at radius 2 is 2.11 bits per heavy atom. The van der Waals surface area contributed by atoms with Crippen LogP contribution in [-0.2, 0) is 16.0 Å². The number of anilines is 1. The molecule has 19 heavy (non-hydrogen) atoms. The summed E-state index contributed by atoms with van der Waals surface area (Å²) in [6.45, 7) is 3.08. The highest BCUT2D eigenvalue weighted by Crippen LogP contribution is 2.32. The summed E-state index contributed by atoms with van der Waals surface area (Å²) in [4.78, 5) is 2.12. The molecule has 0 unspecified atom stereocenters. The first-order valence-corrected chi connectivity index (χ1v) is 6.74. The van der Waals surface area contributed by atoms with E-state index in [0.29, 0.717) is 25.3 Å². The molecular formula is C14H19FN2O2. The lowest BCUT2D eigenvalue weighted by atomic mass is 10.0. The zero-order valence-corrected chi connectivity index (χ0v) is 10.9. The van der Waals surface area contributed by atoms with Crippen LogP contribution in [0.3, 0.4) is 0 Å². The highest BCUT2D eigenvalue weighted by molar-refractivity contribution is 5.49. The summed E-state index contributed by atoms with van der Waals surface area (Å²) in [5, 5.41) is 0. The minimum Gasteiger partial charge on any atom is -0.366 e. The van der Waals surface area contributed by atoms with Crippen molar-refractivity contribution >= 4 is 5.69 Å². The molecule has 2 aliphatic heterocycles. The Kier molecular flexibility index (Phi) is 3.43. The van der Waals surface area contributed by atoms with E-state index in [2.05, 4.69) is 4.90 Å². The second kappa shape index (κ2) is 5.07. The van der Waals surface area contributed by atoms with E-state index in [0.717, 1.165) is 25.1 Å². The van der Waals surface area contributed by atoms with E-state index in [-0.39, 0.29) is 12.4 Å². The van der Waals surface area contributed by atoms with Crippen LogP contribution in [0.25, 0.3) is 0 Å². The molecular weight excluding hydrogens is 247 g/mol. The predicted molar refractivity (Wildman–Crippen MR) is 70.4 cm³/mol. The number of hydrogen-bond acceptors (Lipinski definition) is 4. The number of benzene rings is 1. The van der Waals surface area contributed by atoms with Crippen molar-refractivity contribution in [3.8, 4) is 0 Å². The average molecular weight is 266 g/mol. The van der Waals surface area contributed by atoms with Crippen molar-refractivity contribution in [3.05, 3.63) is 29.6 Å². The lowest BCUT2D eigenvalue weighted by molar-refractivity contribution is -0.161. The summed E-state index contributed by atoms with van der Waals surface area (Å²) in [7, 11) is 0. The van der Waals surface area contributed by atoms with Gasteiger partial charge in [-0.05, 0) is 18.6 Å². The van der Waals surface area contributed by atoms with Gasteiger partial charge in [0.2, 0.25) is 0 Å². The fraction of sp³-hybridized carbons (Fsp3) is 0.571. The number of nitrogens with zero attached hydrogens (tertiary/aromatic N) is 1. The number of halogens is 1. The van der Waals surface area contributed by atoms with Crippen LogP contribution < -0.4 is 10.6 Å². The van der Waals surface area contributed by atoms with E-state index in [1.807, 2.05) is 6.07 Å². The number of rotatable bonds is 2. The molecule has 5 heteroatoms. The normalized spacial score (nSPS) is 22.1. The van der Waals surface area contributed by atoms with Crippen LogP contribution in [0.15, 0.2) is 18.2 Å². The summed E-state index contributed by atoms with van der Waals surface area (Å²) in [6.07, 6.45) is 1.90. The van der Waals surface area contributed by atoms with Crippen LogP contribution in [0.1, 0.15) is 18.4 Å². The van der Waals surface area contributed by atoms with Gasteiger partial charge in [-0.25, -0.2) is 4.39 Å². The van der Waals surface area contributed by atoms with E-state index in [1.165, 1.54) is 0 Å². The van der Waals surface area contributed by atoms with Gasteiger partial charge >= 0.3 is 0 Å². The van der Waals surface area contributed by atoms with E-state index >= 15 is 0 Å². The molecule has 0 amide bonds. The molecule has 1 aromatic carbocycles. The number of ether oxygens (including phenoxy) is 2. The summed E-state index contributed by atoms with van der Waals surface area (Å²) in [5.41, 5.74) is 6.89. The van der Waals surface area contributed by atoms with Crippen LogP contribution in [-0.4, -0.2) is 32.1 Å². The Balaban J connectivity index is 1.79. The number of hydrogen-bond donors (Lipinski definition) is 1. The van der Waals surface area contributed by atoms with Gasteiger partial charge in [-0.15, -0.1) is 0 Å². The molecule has 2 heterocycles. The van der Waals surface area contributed by atoms with Crippen molar-refractivity contribution in [2.75, 3.05) is 31.2 Å². The summed E-state index contributed by atoms with van der Waals surface area (Å²) in [5.74, 6) is -0.728. The zero-order valence-electron chi connectivity index (χ0n) is 10.9. The van der Waals surface area contributed by atoms with Crippen molar-refractivity contribution in [1.29, 1.82) is 0 Å². The molecule has 0 atom stereocenters. The Morgan fingerprint density at radius 3 is 2.79 bits per heavy atom. The quantitative estimate of drug-likeness (QED) is 0.884. The Hall–Kier alpha value is -1.17. The topological polar surface area (TPSA) is 47.7 Å². The van der Waals surface area contributed by atoms with Gasteiger partial charge in [0, 0.05) is 30.8 Å². The third-order valence-electron chi connectivity index (χ3n) is 3.85. The van der Waals surface area contributed by atoms with Gasteiger partial charge in [0.25, 0.3) is 0 Å². The van der Waals surface area contributed by atoms with Gasteiger partial charge in [0.1, 0.15) is 5.82 Å². The molecule has 2 N–H and O–H groups in total. The highest BCUT2D eigenvalue weighted by Gasteiger charge is 2.40. The minimum atomic E-state index is -0.485. The summed E-state index contributed by atoms with van der Waals surface area (Å²) in [6, 6.07) is 5.22. The van der Waals surface area contributed by atoms with E-state index in [4.69, 9.17) is 15.2 Å². The van der Waals surface area contributed by atoms with Gasteiger partial charge in [0.15, 0.2) is 5.79 Å². The second-order valence-electron chi connectivity index (χ2n) is 5.11. The predicted octanol–water partition coefficient (Wildman–Crippen LogP) is 1.63. The molecule has 4 nitrogen and oxygen atoms in total. The fourth-order valence-corrected chi connectivity index (χ4v) is 2.84. The fourth-order valence-electron chi connectivity index (χ4n) is 2.84. The smallest absolute Gasteiger partial charge is 0.186 e. The lowest BCUT2D eigenvalue weighted by Crippen LogP contribution is -2.49. The molecule has 2 fully saturated rings. The lowest BCUT2D eigenvalue weighted by Gasteiger charge is -2.39. The van der Waals surface area contributed by atoms with Gasteiger partial charge < -0.3 is 20.1 Å². The van der Waals surface area contributed by atoms with E-state index < -0.39 is 5.79 Å². The zero-order chi connectivity index (χ0) is 13.3. The summed E-state index contributed by atoms with van der Waals surface area (Å²) < 4.78 is 25.3. The monoisotopic (exact) mass is 266 g/mol. The Morgan fingerprint density at radius 1 is 1.32 bits per heavy atom. The molecule has 0 bridgehead atoms. The maximum Gasteiger partial charge on any atom is 0.186 e. The molecule has 0 aliphatic carbocycles. The highest BCUT2D eigenvalue weighted by atomic mass is 19.1. The van der Waals surface area contributed by atoms with Crippen molar-refractivity contribution in [3.63, 3.8) is 0 Å². The van der Waals surface area contributed by atoms with Crippen molar-refractivity contribution < 1.29 is 13.9 Å². The van der Waals surface area contributed by atoms with Crippen LogP contribution in [0, 0.1) is 5.82 Å². The molecule has 104 valence electrons. The van der Waals surface area contributed by atoms with Crippen molar-refractivity contribution in [2.45, 2.75) is 25.2 Å². The minimum absolute atomic E-state index is 0.224. The molecule has 2 aliphatic rings. The van der Waals surface area contributed by atoms with Crippen molar-refractivity contribution in [1.82, 2.24) is 0 Å². The first-order valence-electron chi connectivity index (χ1n) is 6.74. The number of nitrogens with two attached hydrogens (primary N) is 1. The van der Waals surface area contributed by atoms with Gasteiger partial charge in [-0.2, -0.15) is 0 Å². The van der Waals surface area contributed by atoms with Crippen LogP contribution in [0.5, 0.6) is 0 Å². The second-order valence-corrected chi connectivity index (χ2v) is 5.11. The molecule has 2 saturated heterocycles. The third-order valence-corrected chi connectivity index (χ3v) is 3.85. The molecule has 1 spiro atoms. The van der Waals surface area contributed by atoms with Crippen LogP contribution in [0.4, 0.5) is 10.1 Å². The average Bonchev–Trinajstić information content (AvgIpc) is 2.86. The van der Waals surface area contributed by atoms with Gasteiger partial charge in [-0.1, -0.05) is 6.07 Å². The van der Waals surface area contributed by atoms with Gasteiger partial charge in [0.05, 0.1) is 19.8 Å². The standard InChI is InChI=1S/C14H19FN2O2/c15-13-8-12(3-2-11(13)9-16)17-5-1-4-14(10-17)18-6-7-19-14/h2-3,8H,1,4-7,9-10,16H2. The molecule has 3 rings (SSSR count). The van der Waals surface area contributed by atoms with Crippen LogP contribution >= 0.6 is 0 Å². The molecule has 0 radical (unpaired) electrons. The van der Waals surface area contributed by atoms with E-state index in [1.54, 1.807) is 12.1 Å². The third kappa shape index (κ3) is 2.45. The van der Waals surface area contributed by atoms with Gasteiger partial charge in [-0.3, -0.25) is 0 Å². The molecule has 1 aromatic rings.